The predicted octanol–water partition coefficient (Wildman–Crippen LogP) is 3.06. The molecule has 19 heavy (non-hydrogen) atoms. The van der Waals surface area contributed by atoms with Crippen molar-refractivity contribution in [2.75, 3.05) is 6.61 Å². The zero-order valence-corrected chi connectivity index (χ0v) is 11.9. The van der Waals surface area contributed by atoms with Crippen LogP contribution in [0.1, 0.15) is 39.3 Å². The van der Waals surface area contributed by atoms with Gasteiger partial charge in [0.05, 0.1) is 5.69 Å². The first-order valence-electron chi connectivity index (χ1n) is 6.62. The molecule has 0 amide bonds. The van der Waals surface area contributed by atoms with Crippen molar-refractivity contribution in [3.63, 3.8) is 0 Å². The quantitative estimate of drug-likeness (QED) is 0.829. The molecule has 0 aromatic carbocycles. The van der Waals surface area contributed by atoms with Crippen molar-refractivity contribution >= 4 is 11.4 Å². The van der Waals surface area contributed by atoms with E-state index in [-0.39, 0.29) is 18.3 Å². The Morgan fingerprint density at radius 3 is 2.74 bits per heavy atom. The number of rotatable bonds is 5. The van der Waals surface area contributed by atoms with Crippen LogP contribution < -0.4 is 4.74 Å². The summed E-state index contributed by atoms with van der Waals surface area (Å²) in [7, 11) is 0. The number of carbonyl (C=O) groups excluding carboxylic acids is 1. The maximum absolute atomic E-state index is 11.6. The van der Waals surface area contributed by atoms with Gasteiger partial charge in [0.1, 0.15) is 6.61 Å². The second kappa shape index (κ2) is 5.43. The lowest BCUT2D eigenvalue weighted by Gasteiger charge is -2.08. The van der Waals surface area contributed by atoms with Gasteiger partial charge in [-0.25, -0.2) is 4.98 Å². The number of ketones is 1. The Morgan fingerprint density at radius 1 is 1.37 bits per heavy atom. The SMILES string of the molecule is CC(C)C(=O)COc1cccn2cc(C(C)C)nc12. The summed E-state index contributed by atoms with van der Waals surface area (Å²) in [5, 5.41) is 0. The highest BCUT2D eigenvalue weighted by Gasteiger charge is 2.12. The number of hydrogen-bond donors (Lipinski definition) is 0. The van der Waals surface area contributed by atoms with Crippen LogP contribution in [0.3, 0.4) is 0 Å². The van der Waals surface area contributed by atoms with Crippen molar-refractivity contribution in [1.82, 2.24) is 9.38 Å². The van der Waals surface area contributed by atoms with E-state index in [2.05, 4.69) is 18.8 Å². The molecule has 0 spiro atoms. The second-order valence-electron chi connectivity index (χ2n) is 5.33. The smallest absolute Gasteiger partial charge is 0.179 e. The summed E-state index contributed by atoms with van der Waals surface area (Å²) in [5.41, 5.74) is 1.79. The number of pyridine rings is 1. The lowest BCUT2D eigenvalue weighted by atomic mass is 10.1. The van der Waals surface area contributed by atoms with E-state index in [9.17, 15) is 4.79 Å². The number of fused-ring (bicyclic) bond motifs is 1. The van der Waals surface area contributed by atoms with Gasteiger partial charge < -0.3 is 9.14 Å². The van der Waals surface area contributed by atoms with Gasteiger partial charge in [0.2, 0.25) is 0 Å². The van der Waals surface area contributed by atoms with Crippen LogP contribution in [0.25, 0.3) is 5.65 Å². The summed E-state index contributed by atoms with van der Waals surface area (Å²) < 4.78 is 7.54. The lowest BCUT2D eigenvalue weighted by molar-refractivity contribution is -0.123. The topological polar surface area (TPSA) is 43.6 Å². The van der Waals surface area contributed by atoms with E-state index >= 15 is 0 Å². The summed E-state index contributed by atoms with van der Waals surface area (Å²) in [6.07, 6.45) is 3.93. The fourth-order valence-corrected chi connectivity index (χ4v) is 1.71. The molecule has 0 bridgehead atoms. The molecule has 2 heterocycles. The maximum atomic E-state index is 11.6. The van der Waals surface area contributed by atoms with Crippen molar-refractivity contribution in [1.29, 1.82) is 0 Å². The average molecular weight is 260 g/mol. The number of Topliss-reactive ketones (excluding diaryl/α,β-unsaturated/α-hetero) is 1. The van der Waals surface area contributed by atoms with E-state index in [4.69, 9.17) is 4.74 Å². The number of imidazole rings is 1. The molecule has 2 aromatic rings. The van der Waals surface area contributed by atoms with E-state index in [0.717, 1.165) is 11.3 Å². The Hall–Kier alpha value is -1.84. The van der Waals surface area contributed by atoms with Crippen molar-refractivity contribution in [2.24, 2.45) is 5.92 Å². The first-order valence-corrected chi connectivity index (χ1v) is 6.62. The van der Waals surface area contributed by atoms with Crippen LogP contribution >= 0.6 is 0 Å². The lowest BCUT2D eigenvalue weighted by Crippen LogP contribution is -2.17. The van der Waals surface area contributed by atoms with E-state index in [1.54, 1.807) is 0 Å². The number of nitrogens with zero attached hydrogens (tertiary/aromatic N) is 2. The number of ether oxygens (including phenoxy) is 1. The van der Waals surface area contributed by atoms with Crippen LogP contribution in [0.2, 0.25) is 0 Å². The maximum Gasteiger partial charge on any atom is 0.179 e. The molecule has 102 valence electrons. The van der Waals surface area contributed by atoms with Gasteiger partial charge in [-0.15, -0.1) is 0 Å². The van der Waals surface area contributed by atoms with E-state index < -0.39 is 0 Å². The highest BCUT2D eigenvalue weighted by atomic mass is 16.5. The van der Waals surface area contributed by atoms with Crippen LogP contribution in [-0.2, 0) is 4.79 Å². The largest absolute Gasteiger partial charge is 0.482 e. The fraction of sp³-hybridized carbons (Fsp3) is 0.467. The Kier molecular flexibility index (Phi) is 3.88. The third-order valence-electron chi connectivity index (χ3n) is 3.07. The van der Waals surface area contributed by atoms with Gasteiger partial charge in [0.25, 0.3) is 0 Å². The fourth-order valence-electron chi connectivity index (χ4n) is 1.71. The molecule has 0 unspecified atom stereocenters. The van der Waals surface area contributed by atoms with Crippen LogP contribution in [-0.4, -0.2) is 21.8 Å². The van der Waals surface area contributed by atoms with Crippen molar-refractivity contribution in [3.05, 3.63) is 30.2 Å². The van der Waals surface area contributed by atoms with Gasteiger partial charge in [-0.1, -0.05) is 27.7 Å². The summed E-state index contributed by atoms with van der Waals surface area (Å²) in [6.45, 7) is 8.05. The van der Waals surface area contributed by atoms with Crippen LogP contribution in [0.4, 0.5) is 0 Å². The molecular formula is C15H20N2O2. The third-order valence-corrected chi connectivity index (χ3v) is 3.07. The molecule has 0 saturated carbocycles. The van der Waals surface area contributed by atoms with E-state index in [0.29, 0.717) is 11.7 Å². The second-order valence-corrected chi connectivity index (χ2v) is 5.33. The Balaban J connectivity index is 2.25. The zero-order valence-electron chi connectivity index (χ0n) is 11.9. The monoisotopic (exact) mass is 260 g/mol. The molecule has 0 aliphatic rings. The number of aromatic nitrogens is 2. The highest BCUT2D eigenvalue weighted by Crippen LogP contribution is 2.22. The minimum Gasteiger partial charge on any atom is -0.482 e. The van der Waals surface area contributed by atoms with Gasteiger partial charge in [-0.3, -0.25) is 4.79 Å². The van der Waals surface area contributed by atoms with Crippen molar-refractivity contribution in [3.8, 4) is 5.75 Å². The van der Waals surface area contributed by atoms with Crippen molar-refractivity contribution < 1.29 is 9.53 Å². The minimum atomic E-state index is -0.00861. The summed E-state index contributed by atoms with van der Waals surface area (Å²) in [6, 6.07) is 3.74. The molecule has 0 N–H and O–H groups in total. The predicted molar refractivity (Wildman–Crippen MR) is 74.6 cm³/mol. The van der Waals surface area contributed by atoms with Gasteiger partial charge in [-0.2, -0.15) is 0 Å². The Bertz CT molecular complexity index is 585. The Labute approximate surface area is 113 Å². The van der Waals surface area contributed by atoms with Crippen molar-refractivity contribution in [2.45, 2.75) is 33.6 Å². The Morgan fingerprint density at radius 2 is 2.11 bits per heavy atom. The van der Waals surface area contributed by atoms with E-state index in [1.807, 2.05) is 42.8 Å². The van der Waals surface area contributed by atoms with Crippen LogP contribution in [0.5, 0.6) is 5.75 Å². The summed E-state index contributed by atoms with van der Waals surface area (Å²) in [5.74, 6) is 1.11. The molecule has 0 radical (unpaired) electrons. The van der Waals surface area contributed by atoms with Crippen LogP contribution in [0, 0.1) is 5.92 Å². The van der Waals surface area contributed by atoms with E-state index in [1.165, 1.54) is 0 Å². The molecule has 2 aromatic heterocycles. The minimum absolute atomic E-state index is 0.00861. The molecule has 0 fully saturated rings. The highest BCUT2D eigenvalue weighted by molar-refractivity contribution is 5.82. The molecule has 0 saturated heterocycles. The first-order chi connectivity index (χ1) is 8.99. The molecule has 4 heteroatoms. The molecule has 4 nitrogen and oxygen atoms in total. The van der Waals surface area contributed by atoms with Gasteiger partial charge in [0, 0.05) is 18.3 Å². The van der Waals surface area contributed by atoms with Gasteiger partial charge in [0.15, 0.2) is 17.2 Å². The molecule has 0 aliphatic heterocycles. The molecule has 0 atom stereocenters. The summed E-state index contributed by atoms with van der Waals surface area (Å²) in [4.78, 5) is 16.2. The zero-order chi connectivity index (χ0) is 14.0. The standard InChI is InChI=1S/C15H20N2O2/c1-10(2)12-8-17-7-5-6-14(15(17)16-12)19-9-13(18)11(3)4/h5-8,10-11H,9H2,1-4H3. The van der Waals surface area contributed by atoms with Gasteiger partial charge in [-0.05, 0) is 18.1 Å². The number of hydrogen-bond acceptors (Lipinski definition) is 3. The van der Waals surface area contributed by atoms with Gasteiger partial charge >= 0.3 is 0 Å². The molecular weight excluding hydrogens is 240 g/mol. The molecule has 0 aliphatic carbocycles. The molecule has 2 rings (SSSR count). The third kappa shape index (κ3) is 2.95. The first kappa shape index (κ1) is 13.6. The normalized spacial score (nSPS) is 11.5. The van der Waals surface area contributed by atoms with Crippen LogP contribution in [0.15, 0.2) is 24.5 Å². The number of carbonyl (C=O) groups is 1. The average Bonchev–Trinajstić information content (AvgIpc) is 2.80. The summed E-state index contributed by atoms with van der Waals surface area (Å²) >= 11 is 0.